The Morgan fingerprint density at radius 3 is 2.58 bits per heavy atom. The lowest BCUT2D eigenvalue weighted by Gasteiger charge is -2.38. The highest BCUT2D eigenvalue weighted by Gasteiger charge is 2.34. The molecule has 1 aromatic rings. The molecule has 1 saturated heterocycles. The monoisotopic (exact) mass is 265 g/mol. The number of halogens is 1. The number of ether oxygens (including phenoxy) is 2. The van der Waals surface area contributed by atoms with E-state index in [0.29, 0.717) is 19.0 Å². The van der Waals surface area contributed by atoms with Crippen molar-refractivity contribution in [2.24, 2.45) is 5.73 Å². The molecule has 4 heteroatoms. The maximum absolute atomic E-state index is 14.1. The molecule has 2 fully saturated rings. The molecule has 1 saturated carbocycles. The largest absolute Gasteiger partial charge is 0.487 e. The fraction of sp³-hybridized carbons (Fsp3) is 0.600. The summed E-state index contributed by atoms with van der Waals surface area (Å²) in [6, 6.07) is 5.15. The molecule has 1 aliphatic heterocycles. The first-order valence-corrected chi connectivity index (χ1v) is 7.01. The van der Waals surface area contributed by atoms with Crippen LogP contribution in [0.5, 0.6) is 5.75 Å². The van der Waals surface area contributed by atoms with E-state index in [-0.39, 0.29) is 17.5 Å². The molecular weight excluding hydrogens is 245 g/mol. The van der Waals surface area contributed by atoms with Gasteiger partial charge in [0, 0.05) is 18.4 Å². The van der Waals surface area contributed by atoms with Crippen LogP contribution in [-0.2, 0) is 10.3 Å². The van der Waals surface area contributed by atoms with E-state index in [1.807, 2.05) is 6.07 Å². The summed E-state index contributed by atoms with van der Waals surface area (Å²) in [4.78, 5) is 0. The molecule has 3 nitrogen and oxygen atoms in total. The Hall–Kier alpha value is -1.13. The van der Waals surface area contributed by atoms with Crippen molar-refractivity contribution < 1.29 is 13.9 Å². The first-order valence-electron chi connectivity index (χ1n) is 7.01. The first-order chi connectivity index (χ1) is 9.17. The van der Waals surface area contributed by atoms with Crippen LogP contribution in [0.1, 0.15) is 37.7 Å². The molecule has 2 N–H and O–H groups in total. The average molecular weight is 265 g/mol. The van der Waals surface area contributed by atoms with E-state index in [9.17, 15) is 4.39 Å². The standard InChI is InChI=1S/C15H20FNO2/c16-13-10-11(15(17)6-1-7-15)2-3-14(13)19-12-4-8-18-9-5-12/h2-3,10,12H,1,4-9,17H2. The zero-order valence-corrected chi connectivity index (χ0v) is 11.0. The Morgan fingerprint density at radius 1 is 1.26 bits per heavy atom. The molecule has 2 aliphatic rings. The summed E-state index contributed by atoms with van der Waals surface area (Å²) in [6.45, 7) is 1.38. The Balaban J connectivity index is 1.72. The predicted molar refractivity (Wildman–Crippen MR) is 70.6 cm³/mol. The minimum atomic E-state index is -0.321. The Kier molecular flexibility index (Phi) is 3.46. The van der Waals surface area contributed by atoms with Gasteiger partial charge in [-0.1, -0.05) is 6.07 Å². The fourth-order valence-electron chi connectivity index (χ4n) is 2.73. The molecule has 1 aromatic carbocycles. The minimum absolute atomic E-state index is 0.0599. The maximum Gasteiger partial charge on any atom is 0.165 e. The zero-order chi connectivity index (χ0) is 13.3. The third-order valence-corrected chi connectivity index (χ3v) is 4.21. The van der Waals surface area contributed by atoms with Crippen LogP contribution in [-0.4, -0.2) is 19.3 Å². The van der Waals surface area contributed by atoms with Crippen molar-refractivity contribution >= 4 is 0 Å². The van der Waals surface area contributed by atoms with Crippen LogP contribution in [0, 0.1) is 5.82 Å². The van der Waals surface area contributed by atoms with Crippen LogP contribution in [0.15, 0.2) is 18.2 Å². The van der Waals surface area contributed by atoms with E-state index in [2.05, 4.69) is 0 Å². The normalized spacial score (nSPS) is 22.8. The van der Waals surface area contributed by atoms with Gasteiger partial charge in [-0.05, 0) is 37.0 Å². The van der Waals surface area contributed by atoms with Gasteiger partial charge in [0.15, 0.2) is 11.6 Å². The summed E-state index contributed by atoms with van der Waals surface area (Å²) in [5.41, 5.74) is 6.77. The molecule has 0 radical (unpaired) electrons. The molecule has 3 rings (SSSR count). The average Bonchev–Trinajstić information content (AvgIpc) is 2.39. The molecule has 0 amide bonds. The number of rotatable bonds is 3. The van der Waals surface area contributed by atoms with Gasteiger partial charge in [-0.3, -0.25) is 0 Å². The van der Waals surface area contributed by atoms with E-state index in [0.717, 1.165) is 37.7 Å². The molecule has 104 valence electrons. The van der Waals surface area contributed by atoms with E-state index in [1.54, 1.807) is 6.07 Å². The summed E-state index contributed by atoms with van der Waals surface area (Å²) in [5.74, 6) is 0.0271. The number of benzene rings is 1. The van der Waals surface area contributed by atoms with Gasteiger partial charge >= 0.3 is 0 Å². The highest BCUT2D eigenvalue weighted by Crippen LogP contribution is 2.39. The van der Waals surface area contributed by atoms with E-state index in [4.69, 9.17) is 15.2 Å². The van der Waals surface area contributed by atoms with Gasteiger partial charge in [0.1, 0.15) is 6.10 Å². The molecular formula is C15H20FNO2. The summed E-state index contributed by atoms with van der Waals surface area (Å²) in [6.07, 6.45) is 4.70. The van der Waals surface area contributed by atoms with Crippen molar-refractivity contribution in [2.75, 3.05) is 13.2 Å². The lowest BCUT2D eigenvalue weighted by Crippen LogP contribution is -2.43. The molecule has 0 aromatic heterocycles. The second kappa shape index (κ2) is 5.10. The molecule has 1 heterocycles. The topological polar surface area (TPSA) is 44.5 Å². The third kappa shape index (κ3) is 2.60. The van der Waals surface area contributed by atoms with Crippen molar-refractivity contribution in [3.05, 3.63) is 29.6 Å². The molecule has 0 spiro atoms. The van der Waals surface area contributed by atoms with Gasteiger partial charge in [-0.2, -0.15) is 0 Å². The Labute approximate surface area is 112 Å². The number of hydrogen-bond donors (Lipinski definition) is 1. The Bertz CT molecular complexity index is 453. The fourth-order valence-corrected chi connectivity index (χ4v) is 2.73. The molecule has 19 heavy (non-hydrogen) atoms. The SMILES string of the molecule is NC1(c2ccc(OC3CCOCC3)c(F)c2)CCC1. The van der Waals surface area contributed by atoms with Crippen molar-refractivity contribution in [3.63, 3.8) is 0 Å². The first kappa shape index (κ1) is 12.9. The quantitative estimate of drug-likeness (QED) is 0.914. The summed E-state index contributed by atoms with van der Waals surface area (Å²) < 4.78 is 25.1. The van der Waals surface area contributed by atoms with Crippen LogP contribution in [0.4, 0.5) is 4.39 Å². The second-order valence-electron chi connectivity index (χ2n) is 5.58. The molecule has 1 aliphatic carbocycles. The lowest BCUT2D eigenvalue weighted by atomic mass is 9.73. The predicted octanol–water partition coefficient (Wildman–Crippen LogP) is 2.72. The summed E-state index contributed by atoms with van der Waals surface area (Å²) in [7, 11) is 0. The van der Waals surface area contributed by atoms with Crippen molar-refractivity contribution in [1.82, 2.24) is 0 Å². The van der Waals surface area contributed by atoms with E-state index >= 15 is 0 Å². The lowest BCUT2D eigenvalue weighted by molar-refractivity contribution is 0.0240. The number of nitrogens with two attached hydrogens (primary N) is 1. The minimum Gasteiger partial charge on any atom is -0.487 e. The molecule has 0 bridgehead atoms. The number of hydrogen-bond acceptors (Lipinski definition) is 3. The van der Waals surface area contributed by atoms with Gasteiger partial charge in [-0.25, -0.2) is 4.39 Å². The highest BCUT2D eigenvalue weighted by atomic mass is 19.1. The van der Waals surface area contributed by atoms with Crippen LogP contribution >= 0.6 is 0 Å². The van der Waals surface area contributed by atoms with Crippen molar-refractivity contribution in [1.29, 1.82) is 0 Å². The van der Waals surface area contributed by atoms with Crippen molar-refractivity contribution in [2.45, 2.75) is 43.7 Å². The van der Waals surface area contributed by atoms with Gasteiger partial charge in [0.2, 0.25) is 0 Å². The maximum atomic E-state index is 14.1. The molecule has 0 unspecified atom stereocenters. The van der Waals surface area contributed by atoms with E-state index in [1.165, 1.54) is 6.07 Å². The second-order valence-corrected chi connectivity index (χ2v) is 5.58. The highest BCUT2D eigenvalue weighted by molar-refractivity contribution is 5.34. The summed E-state index contributed by atoms with van der Waals surface area (Å²) in [5, 5.41) is 0. The third-order valence-electron chi connectivity index (χ3n) is 4.21. The van der Waals surface area contributed by atoms with Gasteiger partial charge in [0.25, 0.3) is 0 Å². The van der Waals surface area contributed by atoms with Gasteiger partial charge in [0.05, 0.1) is 13.2 Å². The smallest absolute Gasteiger partial charge is 0.165 e. The van der Waals surface area contributed by atoms with Crippen LogP contribution in [0.2, 0.25) is 0 Å². The van der Waals surface area contributed by atoms with Crippen LogP contribution in [0.25, 0.3) is 0 Å². The Morgan fingerprint density at radius 2 is 2.00 bits per heavy atom. The summed E-state index contributed by atoms with van der Waals surface area (Å²) >= 11 is 0. The van der Waals surface area contributed by atoms with Gasteiger partial charge in [-0.15, -0.1) is 0 Å². The van der Waals surface area contributed by atoms with E-state index < -0.39 is 0 Å². The van der Waals surface area contributed by atoms with Crippen LogP contribution < -0.4 is 10.5 Å². The molecule has 0 atom stereocenters. The van der Waals surface area contributed by atoms with Crippen molar-refractivity contribution in [3.8, 4) is 5.75 Å². The zero-order valence-electron chi connectivity index (χ0n) is 11.0. The van der Waals surface area contributed by atoms with Gasteiger partial charge < -0.3 is 15.2 Å². The van der Waals surface area contributed by atoms with Crippen LogP contribution in [0.3, 0.4) is 0 Å².